The van der Waals surface area contributed by atoms with Crippen LogP contribution in [0.2, 0.25) is 0 Å². The number of hydrogen-bond donors (Lipinski definition) is 2. The van der Waals surface area contributed by atoms with Gasteiger partial charge in [0.2, 0.25) is 0 Å². The van der Waals surface area contributed by atoms with E-state index < -0.39 is 11.6 Å². The van der Waals surface area contributed by atoms with Crippen LogP contribution in [0.4, 0.5) is 20.3 Å². The predicted molar refractivity (Wildman–Crippen MR) is 123 cm³/mol. The second-order valence-electron chi connectivity index (χ2n) is 8.31. The van der Waals surface area contributed by atoms with E-state index >= 15 is 0 Å². The molecule has 1 saturated carbocycles. The number of ketones is 1. The number of halogens is 2. The Morgan fingerprint density at radius 3 is 2.58 bits per heavy atom. The molecule has 8 heteroatoms. The van der Waals surface area contributed by atoms with Crippen LogP contribution in [0.3, 0.4) is 0 Å². The van der Waals surface area contributed by atoms with E-state index in [1.54, 1.807) is 24.3 Å². The molecule has 0 radical (unpaired) electrons. The van der Waals surface area contributed by atoms with Crippen molar-refractivity contribution in [3.63, 3.8) is 0 Å². The summed E-state index contributed by atoms with van der Waals surface area (Å²) >= 11 is 0. The topological polar surface area (TPSA) is 85.8 Å². The van der Waals surface area contributed by atoms with Gasteiger partial charge in [0.1, 0.15) is 29.4 Å². The number of rotatable bonds is 6. The van der Waals surface area contributed by atoms with Crippen LogP contribution in [-0.4, -0.2) is 20.3 Å². The third-order valence-electron chi connectivity index (χ3n) is 6.26. The van der Waals surface area contributed by atoms with Gasteiger partial charge < -0.3 is 15.6 Å². The quantitative estimate of drug-likeness (QED) is 0.394. The van der Waals surface area contributed by atoms with Gasteiger partial charge in [-0.2, -0.15) is 0 Å². The Balaban J connectivity index is 1.47. The molecule has 1 aliphatic rings. The lowest BCUT2D eigenvalue weighted by Crippen LogP contribution is -2.07. The molecule has 3 N–H and O–H groups in total. The highest BCUT2D eigenvalue weighted by atomic mass is 19.1. The summed E-state index contributed by atoms with van der Waals surface area (Å²) in [7, 11) is 0. The average Bonchev–Trinajstić information content (AvgIpc) is 3.47. The first-order valence-electron chi connectivity index (χ1n) is 11.0. The zero-order valence-corrected chi connectivity index (χ0v) is 17.9. The number of hydrogen-bond acceptors (Lipinski definition) is 5. The molecule has 0 amide bonds. The van der Waals surface area contributed by atoms with Gasteiger partial charge in [-0.3, -0.25) is 4.79 Å². The Morgan fingerprint density at radius 2 is 1.82 bits per heavy atom. The van der Waals surface area contributed by atoms with E-state index in [0.29, 0.717) is 27.8 Å². The molecule has 168 valence electrons. The van der Waals surface area contributed by atoms with E-state index in [1.807, 2.05) is 6.20 Å². The van der Waals surface area contributed by atoms with E-state index in [2.05, 4.69) is 19.9 Å². The number of fused-ring (bicyclic) bond motifs is 1. The lowest BCUT2D eigenvalue weighted by molar-refractivity contribution is 0.104. The van der Waals surface area contributed by atoms with Crippen molar-refractivity contribution < 1.29 is 13.6 Å². The van der Waals surface area contributed by atoms with Crippen molar-refractivity contribution >= 4 is 28.3 Å². The standard InChI is InChI=1S/C25H23F2N5O/c26-20-9-4-10-21(27)18(20)12-29-16-6-3-5-15(11-16)23(33)19-13-32(17-7-1-2-8-17)25-22(19)24(28)30-14-31-25/h3-6,9-11,13-14,17,29H,1-2,7-8,12H2,(H2,28,30,31). The summed E-state index contributed by atoms with van der Waals surface area (Å²) in [6, 6.07) is 10.9. The van der Waals surface area contributed by atoms with Crippen molar-refractivity contribution in [1.82, 2.24) is 14.5 Å². The molecular formula is C25H23F2N5O. The molecule has 0 bridgehead atoms. The van der Waals surface area contributed by atoms with Gasteiger partial charge in [0.15, 0.2) is 5.78 Å². The average molecular weight is 447 g/mol. The molecule has 0 aliphatic heterocycles. The van der Waals surface area contributed by atoms with E-state index in [1.165, 1.54) is 24.5 Å². The fourth-order valence-electron chi connectivity index (χ4n) is 4.56. The number of nitrogen functional groups attached to an aromatic ring is 1. The molecule has 4 aromatic rings. The molecule has 0 spiro atoms. The van der Waals surface area contributed by atoms with Gasteiger partial charge >= 0.3 is 0 Å². The highest BCUT2D eigenvalue weighted by Gasteiger charge is 2.25. The summed E-state index contributed by atoms with van der Waals surface area (Å²) in [5.41, 5.74) is 8.23. The molecule has 0 unspecified atom stereocenters. The number of nitrogens with one attached hydrogen (secondary N) is 1. The smallest absolute Gasteiger partial charge is 0.195 e. The molecule has 1 aliphatic carbocycles. The maximum Gasteiger partial charge on any atom is 0.195 e. The van der Waals surface area contributed by atoms with Crippen LogP contribution < -0.4 is 11.1 Å². The minimum Gasteiger partial charge on any atom is -0.383 e. The van der Waals surface area contributed by atoms with Crippen LogP contribution in [0.15, 0.2) is 55.0 Å². The number of aromatic nitrogens is 3. The number of carbonyl (C=O) groups is 1. The summed E-state index contributed by atoms with van der Waals surface area (Å²) in [6.45, 7) is -0.0437. The molecule has 33 heavy (non-hydrogen) atoms. The molecule has 0 atom stereocenters. The lowest BCUT2D eigenvalue weighted by Gasteiger charge is -2.12. The molecule has 0 saturated heterocycles. The van der Waals surface area contributed by atoms with Gasteiger partial charge in [0, 0.05) is 35.6 Å². The van der Waals surface area contributed by atoms with Gasteiger partial charge in [0.25, 0.3) is 0 Å². The van der Waals surface area contributed by atoms with Crippen molar-refractivity contribution in [3.8, 4) is 0 Å². The summed E-state index contributed by atoms with van der Waals surface area (Å²) in [5.74, 6) is -1.18. The highest BCUT2D eigenvalue weighted by molar-refractivity contribution is 6.18. The van der Waals surface area contributed by atoms with Crippen molar-refractivity contribution in [1.29, 1.82) is 0 Å². The number of nitrogens with zero attached hydrogens (tertiary/aromatic N) is 3. The second kappa shape index (κ2) is 8.61. The largest absolute Gasteiger partial charge is 0.383 e. The first-order chi connectivity index (χ1) is 16.0. The zero-order chi connectivity index (χ0) is 22.9. The molecule has 6 nitrogen and oxygen atoms in total. The Kier molecular flexibility index (Phi) is 5.50. The van der Waals surface area contributed by atoms with Crippen LogP contribution in [0.1, 0.15) is 53.2 Å². The van der Waals surface area contributed by atoms with Crippen LogP contribution in [0, 0.1) is 11.6 Å². The van der Waals surface area contributed by atoms with Gasteiger partial charge in [-0.05, 0) is 37.1 Å². The van der Waals surface area contributed by atoms with Gasteiger partial charge in [-0.1, -0.05) is 31.0 Å². The number of carbonyl (C=O) groups excluding carboxylic acids is 1. The fraction of sp³-hybridized carbons (Fsp3) is 0.240. The predicted octanol–water partition coefficient (Wildman–Crippen LogP) is 5.25. The molecular weight excluding hydrogens is 424 g/mol. The third-order valence-corrected chi connectivity index (χ3v) is 6.26. The van der Waals surface area contributed by atoms with E-state index in [9.17, 15) is 13.6 Å². The molecule has 2 heterocycles. The Labute approximate surface area is 189 Å². The van der Waals surface area contributed by atoms with Crippen molar-refractivity contribution in [2.45, 2.75) is 38.3 Å². The molecule has 2 aromatic carbocycles. The number of anilines is 2. The number of nitrogens with two attached hydrogens (primary N) is 1. The third kappa shape index (κ3) is 3.92. The first-order valence-corrected chi connectivity index (χ1v) is 11.0. The molecule has 5 rings (SSSR count). The molecule has 2 aromatic heterocycles. The van der Waals surface area contributed by atoms with E-state index in [4.69, 9.17) is 5.73 Å². The van der Waals surface area contributed by atoms with Crippen LogP contribution >= 0.6 is 0 Å². The Bertz CT molecular complexity index is 1320. The fourth-order valence-corrected chi connectivity index (χ4v) is 4.56. The normalized spacial score (nSPS) is 14.1. The van der Waals surface area contributed by atoms with Crippen LogP contribution in [-0.2, 0) is 6.54 Å². The number of benzene rings is 2. The first kappa shape index (κ1) is 21.1. The minimum absolute atomic E-state index is 0.0437. The monoisotopic (exact) mass is 447 g/mol. The SMILES string of the molecule is Nc1ncnc2c1c(C(=O)c1cccc(NCc3c(F)cccc3F)c1)cn2C1CCCC1. The van der Waals surface area contributed by atoms with E-state index in [0.717, 1.165) is 25.7 Å². The van der Waals surface area contributed by atoms with Gasteiger partial charge in [0.05, 0.1) is 10.9 Å². The maximum atomic E-state index is 13.9. The van der Waals surface area contributed by atoms with Crippen molar-refractivity contribution in [2.75, 3.05) is 11.1 Å². The summed E-state index contributed by atoms with van der Waals surface area (Å²) < 4.78 is 29.9. The maximum absolute atomic E-state index is 13.9. The van der Waals surface area contributed by atoms with Gasteiger partial charge in [-0.25, -0.2) is 18.7 Å². The molecule has 1 fully saturated rings. The minimum atomic E-state index is -0.620. The van der Waals surface area contributed by atoms with Crippen molar-refractivity contribution in [2.24, 2.45) is 0 Å². The zero-order valence-electron chi connectivity index (χ0n) is 17.9. The lowest BCUT2D eigenvalue weighted by atomic mass is 10.0. The Hall–Kier alpha value is -3.81. The second-order valence-corrected chi connectivity index (χ2v) is 8.31. The van der Waals surface area contributed by atoms with Crippen LogP contribution in [0.5, 0.6) is 0 Å². The van der Waals surface area contributed by atoms with E-state index in [-0.39, 0.29) is 29.8 Å². The van der Waals surface area contributed by atoms with Crippen molar-refractivity contribution in [3.05, 3.63) is 83.3 Å². The summed E-state index contributed by atoms with van der Waals surface area (Å²) in [6.07, 6.45) is 7.61. The Morgan fingerprint density at radius 1 is 1.09 bits per heavy atom. The van der Waals surface area contributed by atoms with Gasteiger partial charge in [-0.15, -0.1) is 0 Å². The highest BCUT2D eigenvalue weighted by Crippen LogP contribution is 2.35. The summed E-state index contributed by atoms with van der Waals surface area (Å²) in [5, 5.41) is 3.56. The summed E-state index contributed by atoms with van der Waals surface area (Å²) in [4.78, 5) is 22.0. The van der Waals surface area contributed by atoms with Crippen LogP contribution in [0.25, 0.3) is 11.0 Å².